The van der Waals surface area contributed by atoms with E-state index in [0.29, 0.717) is 5.92 Å². The number of carbonyl (C=O) groups is 1. The zero-order valence-electron chi connectivity index (χ0n) is 14.6. The van der Waals surface area contributed by atoms with Crippen LogP contribution in [-0.4, -0.2) is 6.29 Å². The number of rotatable bonds is 2. The highest BCUT2D eigenvalue weighted by atomic mass is 16.1. The van der Waals surface area contributed by atoms with E-state index in [9.17, 15) is 4.79 Å². The maximum Gasteiger partial charge on any atom is 0.150 e. The first-order valence-corrected chi connectivity index (χ1v) is 9.32. The summed E-state index contributed by atoms with van der Waals surface area (Å²) in [6.07, 6.45) is 8.95. The summed E-state index contributed by atoms with van der Waals surface area (Å²) in [6.45, 7) is 0. The van der Waals surface area contributed by atoms with Crippen LogP contribution in [-0.2, 0) is 6.42 Å². The van der Waals surface area contributed by atoms with Crippen LogP contribution in [0.15, 0.2) is 60.7 Å². The van der Waals surface area contributed by atoms with Crippen molar-refractivity contribution in [2.45, 2.75) is 25.2 Å². The van der Waals surface area contributed by atoms with Gasteiger partial charge in [-0.05, 0) is 57.5 Å². The van der Waals surface area contributed by atoms with E-state index in [4.69, 9.17) is 0 Å². The molecule has 3 aromatic rings. The lowest BCUT2D eigenvalue weighted by Gasteiger charge is -2.24. The Morgan fingerprint density at radius 1 is 0.808 bits per heavy atom. The predicted octanol–water partition coefficient (Wildman–Crippen LogP) is 4.21. The fraction of sp³-hybridized carbons (Fsp3) is 0.160. The molecule has 0 radical (unpaired) electrons. The summed E-state index contributed by atoms with van der Waals surface area (Å²) >= 11 is 0. The second-order valence-electron chi connectivity index (χ2n) is 7.21. The molecule has 0 aromatic heterocycles. The van der Waals surface area contributed by atoms with Crippen LogP contribution in [0.25, 0.3) is 23.3 Å². The maximum absolute atomic E-state index is 10.9. The Morgan fingerprint density at radius 3 is 2.50 bits per heavy atom. The number of fused-ring (bicyclic) bond motifs is 5. The van der Waals surface area contributed by atoms with Gasteiger partial charge in [-0.3, -0.25) is 4.79 Å². The summed E-state index contributed by atoms with van der Waals surface area (Å²) in [6, 6.07) is 21.4. The van der Waals surface area contributed by atoms with Crippen LogP contribution in [0.5, 0.6) is 0 Å². The molecule has 0 spiro atoms. The highest BCUT2D eigenvalue weighted by molar-refractivity contribution is 5.75. The molecule has 2 aliphatic carbocycles. The zero-order chi connectivity index (χ0) is 17.5. The SMILES string of the molecule is O=Cc1ccc(C2CCC=c3c2ccc2c3=CCc3ccccc3-2)cc1. The molecule has 0 saturated heterocycles. The fourth-order valence-corrected chi connectivity index (χ4v) is 4.52. The van der Waals surface area contributed by atoms with Crippen molar-refractivity contribution in [3.05, 3.63) is 93.4 Å². The van der Waals surface area contributed by atoms with E-state index in [-0.39, 0.29) is 0 Å². The van der Waals surface area contributed by atoms with Crippen LogP contribution in [0.2, 0.25) is 0 Å². The first-order valence-electron chi connectivity index (χ1n) is 9.32. The summed E-state index contributed by atoms with van der Waals surface area (Å²) < 4.78 is 0. The van der Waals surface area contributed by atoms with Crippen molar-refractivity contribution in [3.63, 3.8) is 0 Å². The van der Waals surface area contributed by atoms with Gasteiger partial charge in [-0.2, -0.15) is 0 Å². The predicted molar refractivity (Wildman–Crippen MR) is 107 cm³/mol. The second-order valence-corrected chi connectivity index (χ2v) is 7.21. The molecule has 0 bridgehead atoms. The van der Waals surface area contributed by atoms with Gasteiger partial charge in [0.1, 0.15) is 6.29 Å². The number of benzene rings is 3. The first-order chi connectivity index (χ1) is 12.8. The van der Waals surface area contributed by atoms with Gasteiger partial charge < -0.3 is 0 Å². The topological polar surface area (TPSA) is 17.1 Å². The van der Waals surface area contributed by atoms with Gasteiger partial charge in [-0.15, -0.1) is 0 Å². The van der Waals surface area contributed by atoms with Gasteiger partial charge in [-0.1, -0.05) is 72.8 Å². The van der Waals surface area contributed by atoms with E-state index in [1.165, 1.54) is 38.3 Å². The summed E-state index contributed by atoms with van der Waals surface area (Å²) in [5.74, 6) is 0.409. The van der Waals surface area contributed by atoms with E-state index >= 15 is 0 Å². The van der Waals surface area contributed by atoms with Crippen molar-refractivity contribution < 1.29 is 4.79 Å². The molecule has 5 rings (SSSR count). The molecule has 1 atom stereocenters. The van der Waals surface area contributed by atoms with Gasteiger partial charge in [0.2, 0.25) is 0 Å². The number of hydrogen-bond acceptors (Lipinski definition) is 1. The van der Waals surface area contributed by atoms with Crippen molar-refractivity contribution in [3.8, 4) is 11.1 Å². The summed E-state index contributed by atoms with van der Waals surface area (Å²) in [5.41, 5.74) is 7.62. The van der Waals surface area contributed by atoms with Gasteiger partial charge in [-0.25, -0.2) is 0 Å². The second kappa shape index (κ2) is 6.10. The largest absolute Gasteiger partial charge is 0.298 e. The molecule has 1 unspecified atom stereocenters. The minimum atomic E-state index is 0.409. The lowest BCUT2D eigenvalue weighted by Crippen LogP contribution is -2.35. The van der Waals surface area contributed by atoms with Gasteiger partial charge in [0, 0.05) is 11.5 Å². The Bertz CT molecular complexity index is 1120. The summed E-state index contributed by atoms with van der Waals surface area (Å²) in [7, 11) is 0. The van der Waals surface area contributed by atoms with Crippen molar-refractivity contribution in [1.82, 2.24) is 0 Å². The number of aldehydes is 1. The zero-order valence-corrected chi connectivity index (χ0v) is 14.6. The molecule has 126 valence electrons. The Kier molecular flexibility index (Phi) is 3.60. The molecule has 0 aliphatic heterocycles. The number of hydrogen-bond donors (Lipinski definition) is 0. The van der Waals surface area contributed by atoms with E-state index in [1.54, 1.807) is 0 Å². The standard InChI is InChI=1S/C25H20O/c26-16-17-8-10-19(11-9-17)21-6-3-7-22-23(21)14-15-24-20-5-2-1-4-18(20)12-13-25(22)24/h1-2,4-5,7-11,13-16,21H,3,6,12H2. The van der Waals surface area contributed by atoms with E-state index in [1.807, 2.05) is 12.1 Å². The average molecular weight is 336 g/mol. The molecular weight excluding hydrogens is 316 g/mol. The van der Waals surface area contributed by atoms with Crippen LogP contribution in [0.1, 0.15) is 45.8 Å². The molecule has 3 aromatic carbocycles. The molecule has 1 heteroatoms. The minimum Gasteiger partial charge on any atom is -0.298 e. The molecule has 0 fully saturated rings. The van der Waals surface area contributed by atoms with E-state index in [2.05, 4.69) is 60.7 Å². The van der Waals surface area contributed by atoms with Crippen LogP contribution >= 0.6 is 0 Å². The third-order valence-electron chi connectivity index (χ3n) is 5.81. The minimum absolute atomic E-state index is 0.409. The smallest absolute Gasteiger partial charge is 0.150 e. The molecule has 1 nitrogen and oxygen atoms in total. The maximum atomic E-state index is 10.9. The lowest BCUT2D eigenvalue weighted by molar-refractivity contribution is 0.112. The Balaban J connectivity index is 1.67. The summed E-state index contributed by atoms with van der Waals surface area (Å²) in [4.78, 5) is 10.9. The highest BCUT2D eigenvalue weighted by Gasteiger charge is 2.21. The first kappa shape index (κ1) is 15.3. The fourth-order valence-electron chi connectivity index (χ4n) is 4.52. The average Bonchev–Trinajstić information content (AvgIpc) is 2.73. The van der Waals surface area contributed by atoms with Crippen LogP contribution < -0.4 is 10.4 Å². The van der Waals surface area contributed by atoms with Crippen molar-refractivity contribution >= 4 is 18.4 Å². The molecule has 0 amide bonds. The monoisotopic (exact) mass is 336 g/mol. The molecular formula is C25H20O. The van der Waals surface area contributed by atoms with E-state index < -0.39 is 0 Å². The van der Waals surface area contributed by atoms with Crippen LogP contribution in [0, 0.1) is 0 Å². The molecule has 26 heavy (non-hydrogen) atoms. The van der Waals surface area contributed by atoms with Crippen LogP contribution in [0.4, 0.5) is 0 Å². The highest BCUT2D eigenvalue weighted by Crippen LogP contribution is 2.31. The van der Waals surface area contributed by atoms with Gasteiger partial charge in [0.15, 0.2) is 0 Å². The lowest BCUT2D eigenvalue weighted by atomic mass is 9.79. The summed E-state index contributed by atoms with van der Waals surface area (Å²) in [5, 5.41) is 2.81. The quantitative estimate of drug-likeness (QED) is 0.641. The van der Waals surface area contributed by atoms with Crippen molar-refractivity contribution in [2.75, 3.05) is 0 Å². The van der Waals surface area contributed by atoms with Gasteiger partial charge in [0.25, 0.3) is 0 Å². The molecule has 2 aliphatic rings. The van der Waals surface area contributed by atoms with Gasteiger partial charge >= 0.3 is 0 Å². The Morgan fingerprint density at radius 2 is 1.65 bits per heavy atom. The van der Waals surface area contributed by atoms with Crippen molar-refractivity contribution in [1.29, 1.82) is 0 Å². The Labute approximate surface area is 153 Å². The molecule has 0 heterocycles. The molecule has 0 N–H and O–H groups in total. The third kappa shape index (κ3) is 2.35. The number of carbonyl (C=O) groups excluding carboxylic acids is 1. The Hall–Kier alpha value is -2.93. The van der Waals surface area contributed by atoms with Crippen molar-refractivity contribution in [2.24, 2.45) is 0 Å². The van der Waals surface area contributed by atoms with E-state index in [0.717, 1.165) is 31.1 Å². The third-order valence-corrected chi connectivity index (χ3v) is 5.81. The molecule has 0 saturated carbocycles. The normalized spacial score (nSPS) is 17.2. The van der Waals surface area contributed by atoms with Crippen LogP contribution in [0.3, 0.4) is 0 Å². The van der Waals surface area contributed by atoms with Gasteiger partial charge in [0.05, 0.1) is 0 Å².